The molecule has 0 amide bonds. The van der Waals surface area contributed by atoms with Gasteiger partial charge < -0.3 is 0 Å². The van der Waals surface area contributed by atoms with E-state index in [2.05, 4.69) is 0 Å². The molecule has 106 valence electrons. The first-order valence-corrected chi connectivity index (χ1v) is 9.62. The van der Waals surface area contributed by atoms with Crippen LogP contribution in [-0.2, 0) is 19.1 Å². The molecule has 0 atom stereocenters. The fraction of sp³-hybridized carbons (Fsp3) is 0.455. The number of rotatable bonds is 3. The first-order chi connectivity index (χ1) is 8.83. The topological polar surface area (TPSA) is 71.5 Å². The maximum atomic E-state index is 12.5. The smallest absolute Gasteiger partial charge is 0.207 e. The lowest BCUT2D eigenvalue weighted by Gasteiger charge is -2.26. The minimum atomic E-state index is -4.09. The second-order valence-electron chi connectivity index (χ2n) is 4.35. The Kier molecular flexibility index (Phi) is 4.20. The molecule has 1 aromatic rings. The fourth-order valence-corrected chi connectivity index (χ4v) is 5.43. The molecule has 0 aromatic heterocycles. The lowest BCUT2D eigenvalue weighted by atomic mass is 10.2. The number of piperidine rings is 1. The Bertz CT molecular complexity index is 664. The van der Waals surface area contributed by atoms with E-state index in [0.29, 0.717) is 13.1 Å². The van der Waals surface area contributed by atoms with Crippen LogP contribution in [0.3, 0.4) is 0 Å². The quantitative estimate of drug-likeness (QED) is 0.795. The summed E-state index contributed by atoms with van der Waals surface area (Å²) in [4.78, 5) is -0.603. The Balaban J connectivity index is 2.52. The largest absolute Gasteiger partial charge is 0.262 e. The average molecular weight is 324 g/mol. The van der Waals surface area contributed by atoms with Crippen LogP contribution in [0.25, 0.3) is 0 Å². The van der Waals surface area contributed by atoms with Gasteiger partial charge in [0.15, 0.2) is 0 Å². The Labute approximate surface area is 117 Å². The number of sulfonamides is 1. The van der Waals surface area contributed by atoms with Gasteiger partial charge in [0.25, 0.3) is 9.05 Å². The van der Waals surface area contributed by atoms with Crippen LogP contribution in [0.2, 0.25) is 0 Å². The summed E-state index contributed by atoms with van der Waals surface area (Å²) in [7, 11) is -2.60. The van der Waals surface area contributed by atoms with E-state index in [1.165, 1.54) is 28.6 Å². The third kappa shape index (κ3) is 3.10. The lowest BCUT2D eigenvalue weighted by molar-refractivity contribution is 0.346. The van der Waals surface area contributed by atoms with E-state index in [-0.39, 0.29) is 9.79 Å². The molecule has 1 aliphatic rings. The van der Waals surface area contributed by atoms with Crippen LogP contribution in [0.5, 0.6) is 0 Å². The Morgan fingerprint density at radius 1 is 0.895 bits per heavy atom. The van der Waals surface area contributed by atoms with E-state index < -0.39 is 19.1 Å². The highest BCUT2D eigenvalue weighted by atomic mass is 35.7. The van der Waals surface area contributed by atoms with Gasteiger partial charge in [-0.15, -0.1) is 0 Å². The van der Waals surface area contributed by atoms with Gasteiger partial charge in [-0.1, -0.05) is 18.6 Å². The van der Waals surface area contributed by atoms with Gasteiger partial charge >= 0.3 is 0 Å². The van der Waals surface area contributed by atoms with E-state index in [9.17, 15) is 16.8 Å². The monoisotopic (exact) mass is 323 g/mol. The van der Waals surface area contributed by atoms with Crippen LogP contribution < -0.4 is 0 Å². The van der Waals surface area contributed by atoms with Crippen molar-refractivity contribution in [3.63, 3.8) is 0 Å². The van der Waals surface area contributed by atoms with Crippen molar-refractivity contribution in [3.8, 4) is 0 Å². The zero-order chi connectivity index (χ0) is 14.1. The molecule has 5 nitrogen and oxygen atoms in total. The minimum Gasteiger partial charge on any atom is -0.207 e. The summed E-state index contributed by atoms with van der Waals surface area (Å²) >= 11 is 0. The van der Waals surface area contributed by atoms with E-state index in [0.717, 1.165) is 19.3 Å². The highest BCUT2D eigenvalue weighted by Crippen LogP contribution is 2.28. The van der Waals surface area contributed by atoms with Gasteiger partial charge in [0, 0.05) is 23.8 Å². The number of benzene rings is 1. The zero-order valence-electron chi connectivity index (χ0n) is 10.1. The standard InChI is InChI=1S/C11H14ClNO4S2/c12-18(14,15)10-6-2-3-7-11(10)19(16,17)13-8-4-1-5-9-13/h2-3,6-7H,1,4-5,8-9H2. The fourth-order valence-electron chi connectivity index (χ4n) is 2.11. The molecule has 0 N–H and O–H groups in total. The first-order valence-electron chi connectivity index (χ1n) is 5.87. The third-order valence-electron chi connectivity index (χ3n) is 3.04. The van der Waals surface area contributed by atoms with Gasteiger partial charge in [-0.05, 0) is 25.0 Å². The number of hydrogen-bond donors (Lipinski definition) is 0. The molecule has 0 aliphatic carbocycles. The second kappa shape index (κ2) is 5.40. The maximum Gasteiger partial charge on any atom is 0.262 e. The van der Waals surface area contributed by atoms with Crippen LogP contribution in [-0.4, -0.2) is 34.2 Å². The van der Waals surface area contributed by atoms with Crippen LogP contribution in [0.4, 0.5) is 0 Å². The van der Waals surface area contributed by atoms with Crippen molar-refractivity contribution in [1.29, 1.82) is 0 Å². The summed E-state index contributed by atoms with van der Waals surface area (Å²) in [5.41, 5.74) is 0. The molecule has 1 fully saturated rings. The van der Waals surface area contributed by atoms with Crippen molar-refractivity contribution < 1.29 is 16.8 Å². The van der Waals surface area contributed by atoms with E-state index >= 15 is 0 Å². The molecule has 8 heteroatoms. The summed E-state index contributed by atoms with van der Waals surface area (Å²) in [6.45, 7) is 0.831. The molecular formula is C11H14ClNO4S2. The summed E-state index contributed by atoms with van der Waals surface area (Å²) in [6.07, 6.45) is 2.56. The maximum absolute atomic E-state index is 12.5. The van der Waals surface area contributed by atoms with Crippen molar-refractivity contribution in [2.75, 3.05) is 13.1 Å². The van der Waals surface area contributed by atoms with Crippen molar-refractivity contribution in [2.24, 2.45) is 0 Å². The predicted octanol–water partition coefficient (Wildman–Crippen LogP) is 1.79. The minimum absolute atomic E-state index is 0.244. The van der Waals surface area contributed by atoms with Crippen molar-refractivity contribution >= 4 is 29.8 Å². The molecular weight excluding hydrogens is 310 g/mol. The lowest BCUT2D eigenvalue weighted by Crippen LogP contribution is -2.36. The molecule has 0 unspecified atom stereocenters. The SMILES string of the molecule is O=S(=O)(Cl)c1ccccc1S(=O)(=O)N1CCCCC1. The van der Waals surface area contributed by atoms with Gasteiger partial charge in [0.2, 0.25) is 10.0 Å². The third-order valence-corrected chi connectivity index (χ3v) is 6.51. The number of hydrogen-bond acceptors (Lipinski definition) is 4. The normalized spacial score (nSPS) is 18.4. The average Bonchev–Trinajstić information content (AvgIpc) is 2.39. The number of nitrogens with zero attached hydrogens (tertiary/aromatic N) is 1. The second-order valence-corrected chi connectivity index (χ2v) is 8.79. The van der Waals surface area contributed by atoms with Crippen LogP contribution in [0.1, 0.15) is 19.3 Å². The molecule has 0 radical (unpaired) electrons. The Hall–Kier alpha value is -0.630. The van der Waals surface area contributed by atoms with Crippen LogP contribution in [0.15, 0.2) is 34.1 Å². The molecule has 1 saturated heterocycles. The highest BCUT2D eigenvalue weighted by Gasteiger charge is 2.31. The summed E-state index contributed by atoms with van der Waals surface area (Å²) in [5.74, 6) is 0. The summed E-state index contributed by atoms with van der Waals surface area (Å²) in [5, 5.41) is 0. The summed E-state index contributed by atoms with van der Waals surface area (Å²) < 4.78 is 49.2. The molecule has 1 heterocycles. The van der Waals surface area contributed by atoms with Crippen molar-refractivity contribution in [2.45, 2.75) is 29.1 Å². The van der Waals surface area contributed by atoms with Gasteiger partial charge in [-0.25, -0.2) is 16.8 Å². The van der Waals surface area contributed by atoms with Crippen molar-refractivity contribution in [1.82, 2.24) is 4.31 Å². The van der Waals surface area contributed by atoms with Crippen LogP contribution >= 0.6 is 10.7 Å². The first kappa shape index (κ1) is 14.8. The summed E-state index contributed by atoms with van der Waals surface area (Å²) in [6, 6.07) is 5.42. The van der Waals surface area contributed by atoms with Gasteiger partial charge in [0.1, 0.15) is 9.79 Å². The van der Waals surface area contributed by atoms with Gasteiger partial charge in [0.05, 0.1) is 0 Å². The van der Waals surface area contributed by atoms with E-state index in [1.54, 1.807) is 0 Å². The van der Waals surface area contributed by atoms with E-state index in [4.69, 9.17) is 10.7 Å². The Morgan fingerprint density at radius 2 is 1.42 bits per heavy atom. The van der Waals surface area contributed by atoms with Gasteiger partial charge in [-0.3, -0.25) is 0 Å². The molecule has 0 bridgehead atoms. The molecule has 0 saturated carbocycles. The van der Waals surface area contributed by atoms with Crippen LogP contribution in [0, 0.1) is 0 Å². The predicted molar refractivity (Wildman–Crippen MR) is 72.1 cm³/mol. The highest BCUT2D eigenvalue weighted by molar-refractivity contribution is 8.14. The zero-order valence-corrected chi connectivity index (χ0v) is 12.5. The molecule has 1 aliphatic heterocycles. The molecule has 0 spiro atoms. The van der Waals surface area contributed by atoms with Crippen molar-refractivity contribution in [3.05, 3.63) is 24.3 Å². The van der Waals surface area contributed by atoms with Gasteiger partial charge in [-0.2, -0.15) is 4.31 Å². The number of halogens is 1. The molecule has 19 heavy (non-hydrogen) atoms. The Morgan fingerprint density at radius 3 is 1.95 bits per heavy atom. The van der Waals surface area contributed by atoms with E-state index in [1.807, 2.05) is 0 Å². The molecule has 2 rings (SSSR count). The molecule has 1 aromatic carbocycles.